The molecular weight excluding hydrogens is 471 g/mol. The molecule has 0 spiro atoms. The Balaban J connectivity index is 0.00000338. The topological polar surface area (TPSA) is 95.2 Å². The van der Waals surface area contributed by atoms with Gasteiger partial charge in [0.1, 0.15) is 9.84 Å². The number of halogens is 1. The van der Waals surface area contributed by atoms with E-state index in [1.165, 1.54) is 12.5 Å². The predicted molar refractivity (Wildman–Crippen MR) is 112 cm³/mol. The number of hydrogen-bond donors (Lipinski definition) is 1. The fraction of sp³-hybridized carbons (Fsp3) is 0.625. The number of carbonyl (C=O) groups excluding carboxylic acids is 1. The summed E-state index contributed by atoms with van der Waals surface area (Å²) in [4.78, 5) is 20.6. The Labute approximate surface area is 171 Å². The minimum absolute atomic E-state index is 0. The van der Waals surface area contributed by atoms with Gasteiger partial charge in [0.15, 0.2) is 11.7 Å². The minimum Gasteiger partial charge on any atom is -0.459 e. The molecule has 0 bridgehead atoms. The molecule has 0 unspecified atom stereocenters. The lowest BCUT2D eigenvalue weighted by molar-refractivity contribution is 0.0657. The molecule has 10 heteroatoms. The van der Waals surface area contributed by atoms with Crippen LogP contribution in [0.25, 0.3) is 0 Å². The third-order valence-corrected chi connectivity index (χ3v) is 4.90. The summed E-state index contributed by atoms with van der Waals surface area (Å²) < 4.78 is 27.5. The van der Waals surface area contributed by atoms with Gasteiger partial charge in [0, 0.05) is 45.5 Å². The average molecular weight is 498 g/mol. The van der Waals surface area contributed by atoms with Crippen molar-refractivity contribution in [2.24, 2.45) is 4.99 Å². The van der Waals surface area contributed by atoms with Crippen LogP contribution in [0.3, 0.4) is 0 Å². The van der Waals surface area contributed by atoms with Crippen LogP contribution in [0.1, 0.15) is 23.9 Å². The number of nitrogens with one attached hydrogen (secondary N) is 1. The first kappa shape index (κ1) is 22.7. The minimum atomic E-state index is -2.95. The molecule has 1 aromatic heterocycles. The van der Waals surface area contributed by atoms with Crippen LogP contribution in [0, 0.1) is 0 Å². The van der Waals surface area contributed by atoms with Crippen molar-refractivity contribution in [3.05, 3.63) is 24.2 Å². The Morgan fingerprint density at radius 1 is 1.27 bits per heavy atom. The van der Waals surface area contributed by atoms with Crippen molar-refractivity contribution in [2.45, 2.75) is 13.3 Å². The molecule has 2 heterocycles. The van der Waals surface area contributed by atoms with Gasteiger partial charge in [0.05, 0.1) is 12.0 Å². The summed E-state index contributed by atoms with van der Waals surface area (Å²) in [6, 6.07) is 3.37. The van der Waals surface area contributed by atoms with E-state index in [1.54, 1.807) is 17.0 Å². The maximum absolute atomic E-state index is 12.3. The summed E-state index contributed by atoms with van der Waals surface area (Å²) in [7, 11) is -2.95. The van der Waals surface area contributed by atoms with E-state index < -0.39 is 9.84 Å². The Kier molecular flexibility index (Phi) is 9.41. The highest BCUT2D eigenvalue weighted by molar-refractivity contribution is 14.0. The molecule has 0 atom stereocenters. The highest BCUT2D eigenvalue weighted by Gasteiger charge is 2.25. The molecule has 148 valence electrons. The number of nitrogens with zero attached hydrogens (tertiary/aromatic N) is 3. The monoisotopic (exact) mass is 498 g/mol. The zero-order valence-electron chi connectivity index (χ0n) is 15.2. The first-order valence-corrected chi connectivity index (χ1v) is 10.5. The third-order valence-electron chi connectivity index (χ3n) is 3.87. The quantitative estimate of drug-likeness (QED) is 0.273. The molecule has 1 aliphatic heterocycles. The summed E-state index contributed by atoms with van der Waals surface area (Å²) in [5.41, 5.74) is 0. The summed E-state index contributed by atoms with van der Waals surface area (Å²) in [6.45, 7) is 5.70. The number of furan rings is 1. The van der Waals surface area contributed by atoms with Gasteiger partial charge in [0.2, 0.25) is 0 Å². The normalized spacial score (nSPS) is 15.5. The zero-order valence-corrected chi connectivity index (χ0v) is 18.3. The van der Waals surface area contributed by atoms with Gasteiger partial charge in [-0.3, -0.25) is 9.79 Å². The van der Waals surface area contributed by atoms with Gasteiger partial charge >= 0.3 is 0 Å². The van der Waals surface area contributed by atoms with Gasteiger partial charge in [-0.15, -0.1) is 24.0 Å². The van der Waals surface area contributed by atoms with Gasteiger partial charge in [-0.05, 0) is 25.5 Å². The van der Waals surface area contributed by atoms with E-state index in [0.717, 1.165) is 12.5 Å². The van der Waals surface area contributed by atoms with Crippen molar-refractivity contribution in [2.75, 3.05) is 51.3 Å². The molecule has 0 aromatic carbocycles. The fourth-order valence-electron chi connectivity index (χ4n) is 2.61. The second kappa shape index (κ2) is 10.8. The van der Waals surface area contributed by atoms with Crippen LogP contribution in [0.15, 0.2) is 27.8 Å². The highest BCUT2D eigenvalue weighted by atomic mass is 127. The van der Waals surface area contributed by atoms with Gasteiger partial charge in [0.25, 0.3) is 5.91 Å². The van der Waals surface area contributed by atoms with E-state index >= 15 is 0 Å². The standard InChI is InChI=1S/C16H26N4O4S.HI/c1-3-17-16(18-7-5-13-25(2,22)23)20-10-8-19(9-11-20)15(21)14-6-4-12-24-14;/h4,6,12H,3,5,7-11,13H2,1-2H3,(H,17,18);1H. The molecule has 0 aliphatic carbocycles. The van der Waals surface area contributed by atoms with Crippen LogP contribution in [0.4, 0.5) is 0 Å². The smallest absolute Gasteiger partial charge is 0.289 e. The molecule has 1 fully saturated rings. The summed E-state index contributed by atoms with van der Waals surface area (Å²) in [5.74, 6) is 1.16. The van der Waals surface area contributed by atoms with E-state index in [0.29, 0.717) is 44.9 Å². The molecule has 0 saturated carbocycles. The maximum Gasteiger partial charge on any atom is 0.289 e. The summed E-state index contributed by atoms with van der Waals surface area (Å²) in [6.07, 6.45) is 3.23. The molecule has 1 amide bonds. The number of guanidine groups is 1. The van der Waals surface area contributed by atoms with Crippen LogP contribution < -0.4 is 5.32 Å². The number of rotatable bonds is 6. The molecule has 1 aliphatic rings. The van der Waals surface area contributed by atoms with Crippen molar-refractivity contribution in [1.82, 2.24) is 15.1 Å². The number of carbonyl (C=O) groups is 1. The molecule has 8 nitrogen and oxygen atoms in total. The Morgan fingerprint density at radius 3 is 2.46 bits per heavy atom. The number of hydrogen-bond acceptors (Lipinski definition) is 5. The predicted octanol–water partition coefficient (Wildman–Crippen LogP) is 1.06. The van der Waals surface area contributed by atoms with Crippen molar-refractivity contribution < 1.29 is 17.6 Å². The zero-order chi connectivity index (χ0) is 18.3. The molecule has 2 rings (SSSR count). The molecule has 1 aromatic rings. The highest BCUT2D eigenvalue weighted by Crippen LogP contribution is 2.09. The SMILES string of the molecule is CCNC(=NCCCS(C)(=O)=O)N1CCN(C(=O)c2ccco2)CC1.I. The van der Waals surface area contributed by atoms with Crippen molar-refractivity contribution in [1.29, 1.82) is 0 Å². The van der Waals surface area contributed by atoms with Crippen LogP contribution in [-0.4, -0.2) is 81.4 Å². The van der Waals surface area contributed by atoms with Gasteiger partial charge in [-0.25, -0.2) is 8.42 Å². The number of sulfone groups is 1. The molecule has 26 heavy (non-hydrogen) atoms. The van der Waals surface area contributed by atoms with Crippen LogP contribution in [0.2, 0.25) is 0 Å². The van der Waals surface area contributed by atoms with E-state index in [-0.39, 0.29) is 35.6 Å². The first-order valence-electron chi connectivity index (χ1n) is 8.44. The molecular formula is C16H27IN4O4S. The number of piperazine rings is 1. The Morgan fingerprint density at radius 2 is 1.92 bits per heavy atom. The van der Waals surface area contributed by atoms with Crippen LogP contribution >= 0.6 is 24.0 Å². The lowest BCUT2D eigenvalue weighted by Gasteiger charge is -2.36. The largest absolute Gasteiger partial charge is 0.459 e. The van der Waals surface area contributed by atoms with Crippen molar-refractivity contribution in [3.8, 4) is 0 Å². The fourth-order valence-corrected chi connectivity index (χ4v) is 3.27. The van der Waals surface area contributed by atoms with Gasteiger partial charge in [-0.1, -0.05) is 0 Å². The lowest BCUT2D eigenvalue weighted by Crippen LogP contribution is -2.53. The molecule has 1 saturated heterocycles. The molecule has 0 radical (unpaired) electrons. The van der Waals surface area contributed by atoms with Crippen molar-refractivity contribution in [3.63, 3.8) is 0 Å². The van der Waals surface area contributed by atoms with Gasteiger partial charge < -0.3 is 19.5 Å². The average Bonchev–Trinajstić information content (AvgIpc) is 3.11. The first-order chi connectivity index (χ1) is 11.9. The van der Waals surface area contributed by atoms with Crippen LogP contribution in [-0.2, 0) is 9.84 Å². The Bertz CT molecular complexity index is 683. The van der Waals surface area contributed by atoms with Gasteiger partial charge in [-0.2, -0.15) is 0 Å². The second-order valence-corrected chi connectivity index (χ2v) is 8.24. The second-order valence-electron chi connectivity index (χ2n) is 5.98. The van der Waals surface area contributed by atoms with E-state index in [1.807, 2.05) is 6.92 Å². The number of amides is 1. The van der Waals surface area contributed by atoms with Crippen LogP contribution in [0.5, 0.6) is 0 Å². The van der Waals surface area contributed by atoms with E-state index in [4.69, 9.17) is 4.42 Å². The third kappa shape index (κ3) is 7.14. The Hall–Kier alpha value is -1.30. The van der Waals surface area contributed by atoms with E-state index in [2.05, 4.69) is 15.2 Å². The summed E-state index contributed by atoms with van der Waals surface area (Å²) >= 11 is 0. The lowest BCUT2D eigenvalue weighted by atomic mass is 10.3. The molecule has 1 N–H and O–H groups in total. The van der Waals surface area contributed by atoms with E-state index in [9.17, 15) is 13.2 Å². The van der Waals surface area contributed by atoms with Crippen molar-refractivity contribution >= 4 is 45.7 Å². The summed E-state index contributed by atoms with van der Waals surface area (Å²) in [5, 5.41) is 3.23. The number of aliphatic imine (C=N–C) groups is 1. The maximum atomic E-state index is 12.3.